The molecule has 0 amide bonds. The zero-order valence-electron chi connectivity index (χ0n) is 26.6. The monoisotopic (exact) mass is 550 g/mol. The Hall–Kier alpha value is -0.320. The molecule has 0 atom stereocenters. The van der Waals surface area contributed by atoms with Gasteiger partial charge in [-0.1, -0.05) is 62.3 Å². The lowest BCUT2D eigenvalue weighted by atomic mass is 9.96. The normalized spacial score (nSPS) is 13.4. The summed E-state index contributed by atoms with van der Waals surface area (Å²) in [5.74, 6) is 0. The van der Waals surface area contributed by atoms with Gasteiger partial charge in [-0.3, -0.25) is 0 Å². The smallest absolute Gasteiger partial charge is 0.0700 e. The Balaban J connectivity index is 3.73. The summed E-state index contributed by atoms with van der Waals surface area (Å²) < 4.78 is 45.7. The second-order valence-electron chi connectivity index (χ2n) is 13.6. The van der Waals surface area contributed by atoms with Crippen molar-refractivity contribution in [3.8, 4) is 0 Å². The lowest BCUT2D eigenvalue weighted by molar-refractivity contribution is -0.0576. The summed E-state index contributed by atoms with van der Waals surface area (Å²) in [6.45, 7) is 31.3. The van der Waals surface area contributed by atoms with E-state index in [1.807, 2.05) is 6.92 Å². The van der Waals surface area contributed by atoms with E-state index in [0.717, 1.165) is 13.2 Å². The molecule has 0 heterocycles. The van der Waals surface area contributed by atoms with Crippen LogP contribution in [-0.4, -0.2) is 106 Å². The van der Waals surface area contributed by atoms with Gasteiger partial charge in [0, 0.05) is 22.9 Å². The van der Waals surface area contributed by atoms with E-state index in [2.05, 4.69) is 62.3 Å². The van der Waals surface area contributed by atoms with Crippen LogP contribution in [-0.2, 0) is 37.9 Å². The van der Waals surface area contributed by atoms with Crippen LogP contribution in [0.4, 0.5) is 0 Å². The molecular formula is C30H62O8. The van der Waals surface area contributed by atoms with E-state index in [9.17, 15) is 0 Å². The van der Waals surface area contributed by atoms with Gasteiger partial charge >= 0.3 is 0 Å². The van der Waals surface area contributed by atoms with E-state index in [-0.39, 0.29) is 21.7 Å². The molecule has 0 bridgehead atoms. The van der Waals surface area contributed by atoms with Crippen molar-refractivity contribution in [3.63, 3.8) is 0 Å². The Morgan fingerprint density at radius 3 is 0.737 bits per heavy atom. The van der Waals surface area contributed by atoms with Crippen molar-refractivity contribution in [1.29, 1.82) is 0 Å². The summed E-state index contributed by atoms with van der Waals surface area (Å²) in [6, 6.07) is 0. The highest BCUT2D eigenvalue weighted by atomic mass is 16.5. The third kappa shape index (κ3) is 25.9. The van der Waals surface area contributed by atoms with Gasteiger partial charge in [-0.05, 0) is 12.3 Å². The molecule has 8 heteroatoms. The Morgan fingerprint density at radius 2 is 0.526 bits per heavy atom. The molecule has 0 unspecified atom stereocenters. The molecule has 0 saturated heterocycles. The van der Waals surface area contributed by atoms with E-state index in [1.54, 1.807) is 0 Å². The molecule has 0 fully saturated rings. The maximum absolute atomic E-state index is 5.84. The quantitative estimate of drug-likeness (QED) is 0.135. The number of ether oxygens (including phenoxy) is 8. The zero-order valence-corrected chi connectivity index (χ0v) is 26.6. The van der Waals surface area contributed by atoms with Crippen LogP contribution >= 0.6 is 0 Å². The van der Waals surface area contributed by atoms with E-state index in [4.69, 9.17) is 37.9 Å². The molecular weight excluding hydrogens is 488 g/mol. The van der Waals surface area contributed by atoms with Crippen LogP contribution in [0.3, 0.4) is 0 Å². The first-order valence-electron chi connectivity index (χ1n) is 14.3. The molecule has 0 N–H and O–H groups in total. The van der Waals surface area contributed by atoms with Crippen molar-refractivity contribution < 1.29 is 37.9 Å². The zero-order chi connectivity index (χ0) is 29.0. The second-order valence-corrected chi connectivity index (χ2v) is 13.6. The van der Waals surface area contributed by atoms with Gasteiger partial charge in [0.1, 0.15) is 0 Å². The van der Waals surface area contributed by atoms with Crippen LogP contribution in [0.1, 0.15) is 69.2 Å². The maximum atomic E-state index is 5.84. The fraction of sp³-hybridized carbons (Fsp3) is 1.00. The molecule has 0 aliphatic rings. The second kappa shape index (κ2) is 20.5. The average Bonchev–Trinajstić information content (AvgIpc) is 2.79. The minimum Gasteiger partial charge on any atom is -0.379 e. The molecule has 0 aliphatic heterocycles. The fourth-order valence-electron chi connectivity index (χ4n) is 3.21. The first-order valence-corrected chi connectivity index (χ1v) is 14.3. The van der Waals surface area contributed by atoms with Crippen LogP contribution in [0.15, 0.2) is 0 Å². The molecule has 0 saturated carbocycles. The van der Waals surface area contributed by atoms with Crippen molar-refractivity contribution in [3.05, 3.63) is 0 Å². The molecule has 0 aromatic heterocycles. The summed E-state index contributed by atoms with van der Waals surface area (Å²) in [4.78, 5) is 0. The molecule has 0 aliphatic carbocycles. The summed E-state index contributed by atoms with van der Waals surface area (Å²) in [6.07, 6.45) is 0. The fourth-order valence-corrected chi connectivity index (χ4v) is 3.21. The molecule has 0 aromatic rings. The van der Waals surface area contributed by atoms with Crippen LogP contribution < -0.4 is 0 Å². The van der Waals surface area contributed by atoms with Crippen LogP contribution in [0, 0.1) is 21.7 Å². The standard InChI is InChI=1S/C30H62O8/c1-11-31-12-13-33-21-28(5,6)23-35-16-17-37-25-30(9,10)26-38-19-18-36-24-29(7,8)22-34-15-14-32-20-27(2,3)4/h11-26H2,1-10H3. The van der Waals surface area contributed by atoms with Crippen molar-refractivity contribution >= 4 is 0 Å². The van der Waals surface area contributed by atoms with E-state index in [1.165, 1.54) is 0 Å². The van der Waals surface area contributed by atoms with Crippen molar-refractivity contribution in [2.45, 2.75) is 69.2 Å². The summed E-state index contributed by atoms with van der Waals surface area (Å²) in [7, 11) is 0. The van der Waals surface area contributed by atoms with Gasteiger partial charge in [0.25, 0.3) is 0 Å². The molecule has 0 radical (unpaired) electrons. The van der Waals surface area contributed by atoms with Gasteiger partial charge in [-0.15, -0.1) is 0 Å². The topological polar surface area (TPSA) is 73.8 Å². The van der Waals surface area contributed by atoms with Crippen LogP contribution in [0.5, 0.6) is 0 Å². The lowest BCUT2D eigenvalue weighted by Crippen LogP contribution is -2.29. The Kier molecular flexibility index (Phi) is 20.4. The van der Waals surface area contributed by atoms with Crippen LogP contribution in [0.2, 0.25) is 0 Å². The van der Waals surface area contributed by atoms with Gasteiger partial charge in [-0.2, -0.15) is 0 Å². The Morgan fingerprint density at radius 1 is 0.316 bits per heavy atom. The first kappa shape index (κ1) is 37.7. The average molecular weight is 551 g/mol. The molecule has 0 spiro atoms. The molecule has 230 valence electrons. The number of rotatable bonds is 26. The highest BCUT2D eigenvalue weighted by Gasteiger charge is 2.21. The predicted molar refractivity (Wildman–Crippen MR) is 153 cm³/mol. The van der Waals surface area contributed by atoms with Gasteiger partial charge in [-0.25, -0.2) is 0 Å². The third-order valence-electron chi connectivity index (χ3n) is 5.18. The predicted octanol–water partition coefficient (Wildman–Crippen LogP) is 5.26. The van der Waals surface area contributed by atoms with Crippen molar-refractivity contribution in [1.82, 2.24) is 0 Å². The minimum atomic E-state index is -0.0736. The van der Waals surface area contributed by atoms with E-state index >= 15 is 0 Å². The molecule has 0 rings (SSSR count). The van der Waals surface area contributed by atoms with E-state index in [0.29, 0.717) is 92.5 Å². The highest BCUT2D eigenvalue weighted by molar-refractivity contribution is 4.69. The molecule has 38 heavy (non-hydrogen) atoms. The van der Waals surface area contributed by atoms with Gasteiger partial charge in [0.2, 0.25) is 0 Å². The SMILES string of the molecule is CCOCCOCC(C)(C)COCCOCC(C)(C)COCCOCC(C)(C)COCCOCC(C)(C)C. The molecule has 0 aromatic carbocycles. The van der Waals surface area contributed by atoms with E-state index < -0.39 is 0 Å². The third-order valence-corrected chi connectivity index (χ3v) is 5.18. The highest BCUT2D eigenvalue weighted by Crippen LogP contribution is 2.18. The minimum absolute atomic E-state index is 0.0372. The Labute approximate surface area is 234 Å². The van der Waals surface area contributed by atoms with Crippen LogP contribution in [0.25, 0.3) is 0 Å². The molecule has 8 nitrogen and oxygen atoms in total. The summed E-state index contributed by atoms with van der Waals surface area (Å²) in [5.41, 5.74) is 0.0234. The van der Waals surface area contributed by atoms with Gasteiger partial charge < -0.3 is 37.9 Å². The Bertz CT molecular complexity index is 543. The number of hydrogen-bond acceptors (Lipinski definition) is 8. The lowest BCUT2D eigenvalue weighted by Gasteiger charge is -2.26. The van der Waals surface area contributed by atoms with Gasteiger partial charge in [0.15, 0.2) is 0 Å². The summed E-state index contributed by atoms with van der Waals surface area (Å²) in [5, 5.41) is 0. The summed E-state index contributed by atoms with van der Waals surface area (Å²) >= 11 is 0. The largest absolute Gasteiger partial charge is 0.379 e. The first-order chi connectivity index (χ1) is 17.7. The maximum Gasteiger partial charge on any atom is 0.0700 e. The van der Waals surface area contributed by atoms with Gasteiger partial charge in [0.05, 0.1) is 99.1 Å². The number of hydrogen-bond donors (Lipinski definition) is 0. The van der Waals surface area contributed by atoms with Crippen molar-refractivity contribution in [2.75, 3.05) is 106 Å². The van der Waals surface area contributed by atoms with Crippen molar-refractivity contribution in [2.24, 2.45) is 21.7 Å².